The summed E-state index contributed by atoms with van der Waals surface area (Å²) in [7, 11) is 0. The van der Waals surface area contributed by atoms with Gasteiger partial charge in [-0.3, -0.25) is 0 Å². The molecule has 0 bridgehead atoms. The summed E-state index contributed by atoms with van der Waals surface area (Å²) in [5.74, 6) is 0. The number of hydrogen-bond donors (Lipinski definition) is 2. The van der Waals surface area contributed by atoms with Gasteiger partial charge in [-0.1, -0.05) is 50.0 Å². The predicted molar refractivity (Wildman–Crippen MR) is 73.5 cm³/mol. The summed E-state index contributed by atoms with van der Waals surface area (Å²) in [6.07, 6.45) is -0.294. The molecule has 3 N–H and O–H groups in total. The summed E-state index contributed by atoms with van der Waals surface area (Å²) >= 11 is 12.1. The van der Waals surface area contributed by atoms with Crippen LogP contribution in [0.2, 0.25) is 10.0 Å². The van der Waals surface area contributed by atoms with Gasteiger partial charge in [-0.05, 0) is 24.0 Å². The van der Waals surface area contributed by atoms with Crippen molar-refractivity contribution in [2.24, 2.45) is 11.1 Å². The maximum Gasteiger partial charge on any atom is 0.0834 e. The van der Waals surface area contributed by atoms with Crippen LogP contribution in [0.25, 0.3) is 0 Å². The van der Waals surface area contributed by atoms with Gasteiger partial charge in [0.25, 0.3) is 0 Å². The Bertz CT molecular complexity index is 367. The van der Waals surface area contributed by atoms with Crippen molar-refractivity contribution in [3.8, 4) is 0 Å². The van der Waals surface area contributed by atoms with Crippen LogP contribution in [-0.4, -0.2) is 11.1 Å². The third-order valence-electron chi connectivity index (χ3n) is 2.92. The van der Waals surface area contributed by atoms with Gasteiger partial charge in [0, 0.05) is 21.7 Å². The van der Waals surface area contributed by atoms with E-state index in [1.807, 2.05) is 20.8 Å². The molecule has 1 aromatic carbocycles. The first-order chi connectivity index (χ1) is 7.73. The number of nitrogens with two attached hydrogens (primary N) is 1. The molecule has 0 aliphatic carbocycles. The number of aliphatic hydroxyl groups excluding tert-OH is 1. The van der Waals surface area contributed by atoms with Crippen LogP contribution in [0.15, 0.2) is 18.2 Å². The van der Waals surface area contributed by atoms with E-state index in [4.69, 9.17) is 28.9 Å². The van der Waals surface area contributed by atoms with E-state index in [-0.39, 0.29) is 11.5 Å². The highest BCUT2D eigenvalue weighted by Crippen LogP contribution is 2.34. The standard InChI is InChI=1S/C13H19Cl2NO/c1-13(2,3)11(16)7-10(17)12-8(14)5-4-6-9(12)15/h4-6,10-11,17H,7,16H2,1-3H3/t10-,11-/m0/s1. The van der Waals surface area contributed by atoms with Gasteiger partial charge in [-0.15, -0.1) is 0 Å². The lowest BCUT2D eigenvalue weighted by atomic mass is 9.83. The lowest BCUT2D eigenvalue weighted by Gasteiger charge is -2.29. The van der Waals surface area contributed by atoms with Gasteiger partial charge in [0.15, 0.2) is 0 Å². The Balaban J connectivity index is 2.87. The quantitative estimate of drug-likeness (QED) is 0.882. The number of rotatable bonds is 3. The Hall–Kier alpha value is -0.280. The van der Waals surface area contributed by atoms with E-state index in [2.05, 4.69) is 0 Å². The molecule has 0 aliphatic rings. The highest BCUT2D eigenvalue weighted by Gasteiger charge is 2.25. The molecule has 0 radical (unpaired) electrons. The third-order valence-corrected chi connectivity index (χ3v) is 3.58. The lowest BCUT2D eigenvalue weighted by molar-refractivity contribution is 0.133. The van der Waals surface area contributed by atoms with Gasteiger partial charge < -0.3 is 10.8 Å². The summed E-state index contributed by atoms with van der Waals surface area (Å²) in [4.78, 5) is 0. The second-order valence-corrected chi connectivity index (χ2v) is 6.17. The van der Waals surface area contributed by atoms with Crippen molar-refractivity contribution in [1.82, 2.24) is 0 Å². The minimum Gasteiger partial charge on any atom is -0.388 e. The largest absolute Gasteiger partial charge is 0.388 e. The summed E-state index contributed by atoms with van der Waals surface area (Å²) in [5, 5.41) is 11.1. The molecule has 0 aliphatic heterocycles. The Morgan fingerprint density at radius 3 is 2.12 bits per heavy atom. The Morgan fingerprint density at radius 1 is 1.24 bits per heavy atom. The second-order valence-electron chi connectivity index (χ2n) is 5.36. The van der Waals surface area contributed by atoms with Crippen LogP contribution in [0, 0.1) is 5.41 Å². The fraction of sp³-hybridized carbons (Fsp3) is 0.538. The molecule has 0 aromatic heterocycles. The molecule has 4 heteroatoms. The van der Waals surface area contributed by atoms with Gasteiger partial charge in [0.1, 0.15) is 0 Å². The molecular formula is C13H19Cl2NO. The molecule has 96 valence electrons. The Kier molecular flexibility index (Phi) is 4.85. The maximum absolute atomic E-state index is 10.2. The minimum absolute atomic E-state index is 0.0608. The highest BCUT2D eigenvalue weighted by atomic mass is 35.5. The van der Waals surface area contributed by atoms with Crippen molar-refractivity contribution < 1.29 is 5.11 Å². The topological polar surface area (TPSA) is 46.2 Å². The normalized spacial score (nSPS) is 15.7. The Labute approximate surface area is 113 Å². The first kappa shape index (κ1) is 14.8. The average Bonchev–Trinajstić information content (AvgIpc) is 2.15. The van der Waals surface area contributed by atoms with Crippen LogP contribution in [0.4, 0.5) is 0 Å². The maximum atomic E-state index is 10.2. The zero-order valence-corrected chi connectivity index (χ0v) is 11.9. The second kappa shape index (κ2) is 5.57. The van der Waals surface area contributed by atoms with Crippen molar-refractivity contribution in [2.75, 3.05) is 0 Å². The molecule has 2 nitrogen and oxygen atoms in total. The molecule has 0 heterocycles. The summed E-state index contributed by atoms with van der Waals surface area (Å²) < 4.78 is 0. The van der Waals surface area contributed by atoms with Crippen molar-refractivity contribution in [3.63, 3.8) is 0 Å². The van der Waals surface area contributed by atoms with Crippen molar-refractivity contribution in [2.45, 2.75) is 39.3 Å². The number of benzene rings is 1. The SMILES string of the molecule is CC(C)(C)[C@@H](N)C[C@H](O)c1c(Cl)cccc1Cl. The molecule has 17 heavy (non-hydrogen) atoms. The van der Waals surface area contributed by atoms with E-state index < -0.39 is 6.10 Å². The fourth-order valence-corrected chi connectivity index (χ4v) is 2.19. The van der Waals surface area contributed by atoms with E-state index >= 15 is 0 Å². The zero-order valence-electron chi connectivity index (χ0n) is 10.4. The molecule has 1 aromatic rings. The van der Waals surface area contributed by atoms with Crippen molar-refractivity contribution >= 4 is 23.2 Å². The first-order valence-corrected chi connectivity index (χ1v) is 6.36. The predicted octanol–water partition coefficient (Wildman–Crippen LogP) is 3.79. The smallest absolute Gasteiger partial charge is 0.0834 e. The highest BCUT2D eigenvalue weighted by molar-refractivity contribution is 6.36. The van der Waals surface area contributed by atoms with Gasteiger partial charge in [0.05, 0.1) is 6.10 Å². The van der Waals surface area contributed by atoms with E-state index in [1.165, 1.54) is 0 Å². The van der Waals surface area contributed by atoms with Gasteiger partial charge in [-0.2, -0.15) is 0 Å². The zero-order chi connectivity index (χ0) is 13.2. The van der Waals surface area contributed by atoms with Gasteiger partial charge >= 0.3 is 0 Å². The van der Waals surface area contributed by atoms with Crippen molar-refractivity contribution in [1.29, 1.82) is 0 Å². The number of hydrogen-bond acceptors (Lipinski definition) is 2. The molecule has 0 amide bonds. The lowest BCUT2D eigenvalue weighted by Crippen LogP contribution is -2.36. The van der Waals surface area contributed by atoms with Crippen LogP contribution < -0.4 is 5.73 Å². The van der Waals surface area contributed by atoms with Crippen molar-refractivity contribution in [3.05, 3.63) is 33.8 Å². The third kappa shape index (κ3) is 3.85. The molecule has 0 spiro atoms. The molecule has 2 atom stereocenters. The van der Waals surface area contributed by atoms with Gasteiger partial charge in [-0.25, -0.2) is 0 Å². The van der Waals surface area contributed by atoms with Crippen LogP contribution in [-0.2, 0) is 0 Å². The Morgan fingerprint density at radius 2 is 1.71 bits per heavy atom. The summed E-state index contributed by atoms with van der Waals surface area (Å²) in [5.41, 5.74) is 6.55. The van der Waals surface area contributed by atoms with E-state index in [0.717, 1.165) is 0 Å². The van der Waals surface area contributed by atoms with Crippen LogP contribution in [0.1, 0.15) is 38.9 Å². The number of aliphatic hydroxyl groups is 1. The van der Waals surface area contributed by atoms with Crippen LogP contribution in [0.3, 0.4) is 0 Å². The van der Waals surface area contributed by atoms with E-state index in [0.29, 0.717) is 22.0 Å². The van der Waals surface area contributed by atoms with Crippen LogP contribution in [0.5, 0.6) is 0 Å². The van der Waals surface area contributed by atoms with Crippen LogP contribution >= 0.6 is 23.2 Å². The summed E-state index contributed by atoms with van der Waals surface area (Å²) in [6.45, 7) is 6.12. The fourth-order valence-electron chi connectivity index (χ4n) is 1.54. The molecule has 1 rings (SSSR count). The van der Waals surface area contributed by atoms with E-state index in [1.54, 1.807) is 18.2 Å². The van der Waals surface area contributed by atoms with E-state index in [9.17, 15) is 5.11 Å². The molecule has 0 saturated carbocycles. The van der Waals surface area contributed by atoms with Gasteiger partial charge in [0.2, 0.25) is 0 Å². The number of halogens is 2. The average molecular weight is 276 g/mol. The molecular weight excluding hydrogens is 257 g/mol. The monoisotopic (exact) mass is 275 g/mol. The molecule has 0 unspecified atom stereocenters. The minimum atomic E-state index is -0.731. The molecule has 0 fully saturated rings. The molecule has 0 saturated heterocycles. The summed E-state index contributed by atoms with van der Waals surface area (Å²) in [6, 6.07) is 5.07. The first-order valence-electron chi connectivity index (χ1n) is 5.61.